The number of aliphatic hydroxyl groups is 3. The van der Waals surface area contributed by atoms with Crippen molar-refractivity contribution in [2.24, 2.45) is 23.5 Å². The largest absolute Gasteiger partial charge is 0.457 e. The second kappa shape index (κ2) is 31.8. The van der Waals surface area contributed by atoms with E-state index < -0.39 is 223 Å². The number of hydrogen-bond acceptors (Lipinski definition) is 19. The van der Waals surface area contributed by atoms with E-state index in [-0.39, 0.29) is 51.6 Å². The molecule has 508 valence electrons. The smallest absolute Gasteiger partial charge is 0.253 e. The van der Waals surface area contributed by atoms with Gasteiger partial charge in [0.05, 0.1) is 60.4 Å². The number of nitrogens with zero attached hydrogens (tertiary/aromatic N) is 2. The third-order valence-corrected chi connectivity index (χ3v) is 17.8. The highest BCUT2D eigenvalue weighted by Gasteiger charge is 2.45. The van der Waals surface area contributed by atoms with Crippen LogP contribution in [-0.2, 0) is 84.3 Å². The highest BCUT2D eigenvalue weighted by atomic mass is 32.2. The molecule has 2 bridgehead atoms. The number of fused-ring (bicyclic) bond motifs is 5. The molecule has 14 amide bonds. The lowest BCUT2D eigenvalue weighted by Gasteiger charge is -2.32. The summed E-state index contributed by atoms with van der Waals surface area (Å²) in [6, 6.07) is -2.22. The standard InChI is InChI=1S/C60H78N14O19S/c1-7-28(4)50-56(88)63-22-45(80)66-40-26-94(92)59-36(20-38(53(85)62-23-46(81)71-50)67-58(90)51(29(5)42(77)25-75)72-55(87)41-18-32(76)24-74(41)60(91)39(21-43(61)78)68-54(40)86)35-13-12-34(19-37(35)69-59)93-33-10-8-31(9-11-33)65-52(84)30(6)64-57(89)49(27(2)3)70-44(79)16-17-73-47(82)14-15-48(73)83/h8-15,19,27-30,32,38-42,49-51,69,75-77H,7,16-18,20-26H2,1-6H3,(H2,61,78)(H,62,85)(H,63,88)(H,64,89)(H,65,84)(H,66,80)(H,67,90)(H,68,86)(H,70,79)(H,71,81)(H,72,87)/t28-,29-,30-,32?,38?,39?,40?,41?,42-,49-,50-,51-,94+/m0/s1. The molecule has 4 aliphatic heterocycles. The molecular weight excluding hydrogens is 1250 g/mol. The van der Waals surface area contributed by atoms with Gasteiger partial charge in [0.25, 0.3) is 11.8 Å². The normalized spacial score (nSPS) is 24.4. The zero-order valence-electron chi connectivity index (χ0n) is 52.2. The van der Waals surface area contributed by atoms with Crippen molar-refractivity contribution >= 4 is 110 Å². The number of aliphatic hydroxyl groups excluding tert-OH is 3. The highest BCUT2D eigenvalue weighted by molar-refractivity contribution is 7.85. The van der Waals surface area contributed by atoms with Crippen LogP contribution in [0.15, 0.2) is 59.6 Å². The number of benzene rings is 2. The number of ether oxygens (including phenoxy) is 1. The fraction of sp³-hybridized carbons (Fsp3) is 0.500. The van der Waals surface area contributed by atoms with Crippen LogP contribution in [0.4, 0.5) is 5.69 Å². The molecule has 1 fully saturated rings. The molecule has 0 radical (unpaired) electrons. The van der Waals surface area contributed by atoms with Crippen LogP contribution in [0.3, 0.4) is 0 Å². The van der Waals surface area contributed by atoms with Gasteiger partial charge in [0.15, 0.2) is 0 Å². The molecule has 33 nitrogen and oxygen atoms in total. The summed E-state index contributed by atoms with van der Waals surface area (Å²) < 4.78 is 21.4. The van der Waals surface area contributed by atoms with E-state index in [9.17, 15) is 82.4 Å². The average Bonchev–Trinajstić information content (AvgIpc) is 1.62. The van der Waals surface area contributed by atoms with Crippen molar-refractivity contribution in [1.82, 2.24) is 62.6 Å². The van der Waals surface area contributed by atoms with Gasteiger partial charge in [-0.15, -0.1) is 0 Å². The zero-order valence-corrected chi connectivity index (χ0v) is 53.1. The first kappa shape index (κ1) is 71.8. The first-order chi connectivity index (χ1) is 44.5. The summed E-state index contributed by atoms with van der Waals surface area (Å²) >= 11 is 0. The van der Waals surface area contributed by atoms with Crippen molar-refractivity contribution in [3.05, 3.63) is 60.2 Å². The minimum atomic E-state index is -2.50. The number of anilines is 1. The van der Waals surface area contributed by atoms with Crippen molar-refractivity contribution in [3.63, 3.8) is 0 Å². The summed E-state index contributed by atoms with van der Waals surface area (Å²) in [6.45, 7) is 6.06. The molecule has 13 atom stereocenters. The summed E-state index contributed by atoms with van der Waals surface area (Å²) in [4.78, 5) is 195. The molecule has 3 aromatic rings. The van der Waals surface area contributed by atoms with E-state index in [1.54, 1.807) is 27.7 Å². The summed E-state index contributed by atoms with van der Waals surface area (Å²) in [5, 5.41) is 57.0. The molecule has 0 spiro atoms. The van der Waals surface area contributed by atoms with Crippen LogP contribution in [0.1, 0.15) is 72.8 Å². The molecule has 16 N–H and O–H groups in total. The Morgan fingerprint density at radius 1 is 0.755 bits per heavy atom. The van der Waals surface area contributed by atoms with Crippen molar-refractivity contribution in [2.75, 3.05) is 43.9 Å². The number of hydrogen-bond donors (Lipinski definition) is 15. The molecule has 5 unspecified atom stereocenters. The first-order valence-electron chi connectivity index (χ1n) is 30.3. The first-order valence-corrected chi connectivity index (χ1v) is 31.6. The quantitative estimate of drug-likeness (QED) is 0.0531. The van der Waals surface area contributed by atoms with Crippen LogP contribution in [0.5, 0.6) is 11.5 Å². The summed E-state index contributed by atoms with van der Waals surface area (Å²) in [5.41, 5.74) is 6.03. The van der Waals surface area contributed by atoms with Gasteiger partial charge in [-0.1, -0.05) is 41.0 Å². The van der Waals surface area contributed by atoms with Crippen LogP contribution < -0.4 is 63.6 Å². The van der Waals surface area contributed by atoms with Gasteiger partial charge in [-0.3, -0.25) is 76.2 Å². The van der Waals surface area contributed by atoms with Crippen LogP contribution in [0, 0.1) is 17.8 Å². The topological polar surface area (TPSA) is 495 Å². The van der Waals surface area contributed by atoms with E-state index in [2.05, 4.69) is 58.2 Å². The Labute approximate surface area is 540 Å². The minimum Gasteiger partial charge on any atom is -0.457 e. The molecule has 5 heterocycles. The summed E-state index contributed by atoms with van der Waals surface area (Å²) in [6.07, 6.45) is -2.85. The van der Waals surface area contributed by atoms with Crippen LogP contribution in [-0.4, -0.2) is 216 Å². The molecule has 4 aliphatic rings. The molecular formula is C60H78N14O19S. The number of carbonyl (C=O) groups excluding carboxylic acids is 14. The Hall–Kier alpha value is -9.67. The molecule has 94 heavy (non-hydrogen) atoms. The number of nitrogens with two attached hydrogens (primary N) is 1. The number of aromatic nitrogens is 1. The van der Waals surface area contributed by atoms with Gasteiger partial charge in [-0.05, 0) is 60.7 Å². The van der Waals surface area contributed by atoms with E-state index >= 15 is 4.21 Å². The number of nitrogens with one attached hydrogen (secondary N) is 11. The Morgan fingerprint density at radius 2 is 1.40 bits per heavy atom. The Kier molecular flexibility index (Phi) is 24.3. The second-order valence-electron chi connectivity index (χ2n) is 23.7. The van der Waals surface area contributed by atoms with E-state index in [1.165, 1.54) is 56.3 Å². The third-order valence-electron chi connectivity index (χ3n) is 16.4. The van der Waals surface area contributed by atoms with Crippen molar-refractivity contribution in [1.29, 1.82) is 0 Å². The van der Waals surface area contributed by atoms with Crippen molar-refractivity contribution in [3.8, 4) is 11.5 Å². The molecule has 0 aliphatic carbocycles. The van der Waals surface area contributed by atoms with Crippen LogP contribution >= 0.6 is 0 Å². The van der Waals surface area contributed by atoms with Crippen LogP contribution in [0.2, 0.25) is 0 Å². The van der Waals surface area contributed by atoms with E-state index in [0.29, 0.717) is 6.42 Å². The Balaban J connectivity index is 1.22. The van der Waals surface area contributed by atoms with E-state index in [4.69, 9.17) is 10.5 Å². The number of carbonyl (C=O) groups is 14. The maximum absolute atomic E-state index is 15.2. The van der Waals surface area contributed by atoms with Gasteiger partial charge in [0.2, 0.25) is 70.9 Å². The van der Waals surface area contributed by atoms with Gasteiger partial charge < -0.3 is 88.8 Å². The number of rotatable bonds is 18. The van der Waals surface area contributed by atoms with E-state index in [1.807, 2.05) is 0 Å². The molecule has 2 aromatic carbocycles. The van der Waals surface area contributed by atoms with Gasteiger partial charge in [-0.2, -0.15) is 0 Å². The second-order valence-corrected chi connectivity index (χ2v) is 25.1. The molecule has 34 heteroatoms. The number of primary amides is 1. The summed E-state index contributed by atoms with van der Waals surface area (Å²) in [7, 11) is -2.50. The molecule has 7 rings (SSSR count). The molecule has 1 saturated heterocycles. The minimum absolute atomic E-state index is 0.0290. The average molecular weight is 1330 g/mol. The molecule has 0 saturated carbocycles. The Bertz CT molecular complexity index is 3510. The zero-order chi connectivity index (χ0) is 69.0. The number of aromatic amines is 1. The number of H-pyrrole nitrogens is 1. The lowest BCUT2D eigenvalue weighted by Crippen LogP contribution is -2.62. The maximum atomic E-state index is 15.2. The van der Waals surface area contributed by atoms with Crippen molar-refractivity contribution in [2.45, 2.75) is 139 Å². The van der Waals surface area contributed by atoms with Gasteiger partial charge in [0.1, 0.15) is 64.9 Å². The monoisotopic (exact) mass is 1330 g/mol. The lowest BCUT2D eigenvalue weighted by atomic mass is 9.93. The predicted octanol–water partition coefficient (Wildman–Crippen LogP) is -4.93. The van der Waals surface area contributed by atoms with Gasteiger partial charge >= 0.3 is 0 Å². The van der Waals surface area contributed by atoms with Gasteiger partial charge in [0, 0.05) is 67.6 Å². The fourth-order valence-electron chi connectivity index (χ4n) is 10.8. The highest BCUT2D eigenvalue weighted by Crippen LogP contribution is 2.33. The SMILES string of the molecule is CC[C@H](C)[C@@H]1NC(=O)CNC(=O)C2Cc3c([nH]c4cc(Oc5ccc(NC(=O)[C@H](C)NC(=O)[C@@H](NC(=O)CCN6C(=O)C=CC6=O)C(C)C)cc5)ccc34)[S@](=O)CC(NC(=O)CNC1=O)C(=O)NC(CC(N)=O)C(=O)N1CC(O)CC1C(=O)N[C@@H]([C@@H](C)[C@@H](O)CO)C(=O)N2. The lowest BCUT2D eigenvalue weighted by molar-refractivity contribution is -0.144. The number of imide groups is 1. The third kappa shape index (κ3) is 18.1. The fourth-order valence-corrected chi connectivity index (χ4v) is 12.2. The number of amides is 14. The van der Waals surface area contributed by atoms with Crippen molar-refractivity contribution < 1.29 is 91.4 Å². The Morgan fingerprint density at radius 3 is 2.04 bits per heavy atom. The molecule has 1 aromatic heterocycles. The summed E-state index contributed by atoms with van der Waals surface area (Å²) in [5.74, 6) is -15.5. The maximum Gasteiger partial charge on any atom is 0.253 e. The van der Waals surface area contributed by atoms with Gasteiger partial charge in [-0.25, -0.2) is 0 Å². The van der Waals surface area contributed by atoms with E-state index in [0.717, 1.165) is 22.0 Å². The predicted molar refractivity (Wildman–Crippen MR) is 331 cm³/mol. The van der Waals surface area contributed by atoms with Crippen LogP contribution in [0.25, 0.3) is 10.9 Å².